The van der Waals surface area contributed by atoms with Crippen molar-refractivity contribution in [2.75, 3.05) is 0 Å². The molecular formula is C39H50OSiSn. The summed E-state index contributed by atoms with van der Waals surface area (Å²) in [5.41, 5.74) is 1.34. The molecule has 0 fully saturated rings. The van der Waals surface area contributed by atoms with E-state index < -0.39 is 26.7 Å². The SMILES string of the molecule is CCC[CH2][Sn](/[CH]=C(\Cc1ccccc1)O[Si](c1ccccc1)(c1ccccc1)c1ccccc1)([CH2]CCC)[CH2]CCC. The second-order valence-electron chi connectivity index (χ2n) is 11.8. The number of hydrogen-bond acceptors (Lipinski definition) is 1. The molecule has 0 radical (unpaired) electrons. The molecule has 0 saturated carbocycles. The van der Waals surface area contributed by atoms with Gasteiger partial charge < -0.3 is 0 Å². The third-order valence-electron chi connectivity index (χ3n) is 8.60. The van der Waals surface area contributed by atoms with Crippen LogP contribution in [0.2, 0.25) is 13.3 Å². The fourth-order valence-corrected chi connectivity index (χ4v) is 25.4. The number of hydrogen-bond donors (Lipinski definition) is 0. The van der Waals surface area contributed by atoms with E-state index >= 15 is 0 Å². The fraction of sp³-hybridized carbons (Fsp3) is 0.333. The molecule has 1 nitrogen and oxygen atoms in total. The Morgan fingerprint density at radius 1 is 0.548 bits per heavy atom. The van der Waals surface area contributed by atoms with Gasteiger partial charge in [-0.25, -0.2) is 0 Å². The molecule has 4 aromatic carbocycles. The zero-order chi connectivity index (χ0) is 29.5. The molecule has 0 aromatic heterocycles. The number of benzene rings is 4. The summed E-state index contributed by atoms with van der Waals surface area (Å²) in [6.45, 7) is 7.08. The molecule has 0 spiro atoms. The van der Waals surface area contributed by atoms with Crippen LogP contribution in [0, 0.1) is 0 Å². The summed E-state index contributed by atoms with van der Waals surface area (Å²) in [4.78, 5) is 0. The van der Waals surface area contributed by atoms with E-state index in [1.54, 1.807) is 0 Å². The molecule has 0 saturated heterocycles. The van der Waals surface area contributed by atoms with Crippen molar-refractivity contribution in [3.63, 3.8) is 0 Å². The van der Waals surface area contributed by atoms with Crippen LogP contribution in [0.25, 0.3) is 0 Å². The molecule has 0 aliphatic heterocycles. The van der Waals surface area contributed by atoms with Gasteiger partial charge in [0.05, 0.1) is 0 Å². The average molecular weight is 682 g/mol. The molecule has 0 unspecified atom stereocenters. The Kier molecular flexibility index (Phi) is 13.0. The van der Waals surface area contributed by atoms with Gasteiger partial charge in [0, 0.05) is 0 Å². The second kappa shape index (κ2) is 16.9. The monoisotopic (exact) mass is 682 g/mol. The molecular weight excluding hydrogens is 631 g/mol. The van der Waals surface area contributed by atoms with Crippen LogP contribution in [0.5, 0.6) is 0 Å². The molecule has 0 heterocycles. The standard InChI is InChI=1S/C27H23OSi.3C4H9.Sn/c1-23(22-24-14-6-2-7-15-24)28-29(25-16-8-3-9-17-25,26-18-10-4-11-19-26)27-20-12-5-13-21-27;3*1-3-4-2;/h1-21H,22H2;3*1,3-4H2,2H3;. The van der Waals surface area contributed by atoms with Crippen molar-refractivity contribution in [2.45, 2.75) is 79.0 Å². The molecule has 220 valence electrons. The van der Waals surface area contributed by atoms with E-state index in [4.69, 9.17) is 4.43 Å². The molecule has 0 atom stereocenters. The van der Waals surface area contributed by atoms with Crippen molar-refractivity contribution < 1.29 is 4.43 Å². The zero-order valence-corrected chi connectivity index (χ0v) is 30.0. The summed E-state index contributed by atoms with van der Waals surface area (Å²) >= 11 is -2.71. The van der Waals surface area contributed by atoms with Crippen LogP contribution in [-0.4, -0.2) is 26.7 Å². The van der Waals surface area contributed by atoms with Crippen LogP contribution in [0.1, 0.15) is 64.9 Å². The molecule has 4 rings (SSSR count). The minimum absolute atomic E-state index is 0.852. The van der Waals surface area contributed by atoms with E-state index in [-0.39, 0.29) is 0 Å². The topological polar surface area (TPSA) is 9.23 Å². The molecule has 0 aliphatic carbocycles. The maximum atomic E-state index is 7.85. The van der Waals surface area contributed by atoms with Gasteiger partial charge in [-0.2, -0.15) is 0 Å². The first kappa shape index (κ1) is 32.4. The summed E-state index contributed by atoms with van der Waals surface area (Å²) in [5, 5.41) is 3.91. The van der Waals surface area contributed by atoms with Gasteiger partial charge in [0.2, 0.25) is 0 Å². The zero-order valence-electron chi connectivity index (χ0n) is 26.1. The first-order valence-corrected chi connectivity index (χ1v) is 25.9. The van der Waals surface area contributed by atoms with E-state index in [1.165, 1.54) is 78.7 Å². The van der Waals surface area contributed by atoms with Gasteiger partial charge in [0.25, 0.3) is 0 Å². The molecule has 3 heteroatoms. The number of unbranched alkanes of at least 4 members (excludes halogenated alkanes) is 3. The van der Waals surface area contributed by atoms with Gasteiger partial charge in [-0.1, -0.05) is 0 Å². The van der Waals surface area contributed by atoms with Crippen molar-refractivity contribution in [1.82, 2.24) is 0 Å². The Morgan fingerprint density at radius 2 is 0.905 bits per heavy atom. The van der Waals surface area contributed by atoms with E-state index in [2.05, 4.69) is 146 Å². The quantitative estimate of drug-likeness (QED) is 0.0614. The van der Waals surface area contributed by atoms with E-state index in [0.29, 0.717) is 0 Å². The summed E-state index contributed by atoms with van der Waals surface area (Å²) in [5.74, 6) is 1.23. The molecule has 0 aliphatic rings. The Labute approximate surface area is 261 Å². The van der Waals surface area contributed by atoms with E-state index in [0.717, 1.165) is 6.42 Å². The van der Waals surface area contributed by atoms with Gasteiger partial charge in [0.15, 0.2) is 0 Å². The van der Waals surface area contributed by atoms with Crippen molar-refractivity contribution in [3.05, 3.63) is 137 Å². The molecule has 0 N–H and O–H groups in total. The molecule has 42 heavy (non-hydrogen) atoms. The minimum atomic E-state index is -2.87. The van der Waals surface area contributed by atoms with Gasteiger partial charge in [-0.15, -0.1) is 0 Å². The molecule has 4 aromatic rings. The first-order valence-electron chi connectivity index (χ1n) is 16.3. The second-order valence-corrected chi connectivity index (χ2v) is 28.0. The summed E-state index contributed by atoms with van der Waals surface area (Å²) < 4.78 is 15.0. The Morgan fingerprint density at radius 3 is 1.26 bits per heavy atom. The average Bonchev–Trinajstić information content (AvgIpc) is 3.06. The Hall–Kier alpha value is -2.56. The van der Waals surface area contributed by atoms with Crippen molar-refractivity contribution in [2.24, 2.45) is 0 Å². The van der Waals surface area contributed by atoms with Crippen molar-refractivity contribution in [3.8, 4) is 0 Å². The Balaban J connectivity index is 1.97. The van der Waals surface area contributed by atoms with Gasteiger partial charge >= 0.3 is 262 Å². The predicted molar refractivity (Wildman–Crippen MR) is 188 cm³/mol. The Bertz CT molecular complexity index is 1200. The first-order chi connectivity index (χ1) is 20.7. The van der Waals surface area contributed by atoms with Gasteiger partial charge in [-0.3, -0.25) is 0 Å². The summed E-state index contributed by atoms with van der Waals surface area (Å²) in [7, 11) is -2.87. The van der Waals surface area contributed by atoms with Crippen LogP contribution >= 0.6 is 0 Å². The van der Waals surface area contributed by atoms with E-state index in [9.17, 15) is 0 Å². The van der Waals surface area contributed by atoms with E-state index in [1.807, 2.05) is 0 Å². The van der Waals surface area contributed by atoms with Crippen molar-refractivity contribution in [1.29, 1.82) is 0 Å². The van der Waals surface area contributed by atoms with Gasteiger partial charge in [0.1, 0.15) is 0 Å². The third-order valence-corrected chi connectivity index (χ3v) is 26.8. The van der Waals surface area contributed by atoms with Crippen molar-refractivity contribution >= 4 is 42.3 Å². The normalized spacial score (nSPS) is 12.3. The third kappa shape index (κ3) is 8.51. The fourth-order valence-electron chi connectivity index (χ4n) is 6.33. The maximum absolute atomic E-state index is 7.85. The number of rotatable bonds is 17. The summed E-state index contributed by atoms with van der Waals surface area (Å²) in [6, 6.07) is 44.3. The van der Waals surface area contributed by atoms with Gasteiger partial charge in [-0.05, 0) is 0 Å². The molecule has 0 bridgehead atoms. The predicted octanol–water partition coefficient (Wildman–Crippen LogP) is 9.19. The molecule has 0 amide bonds. The van der Waals surface area contributed by atoms with Crippen LogP contribution in [0.3, 0.4) is 0 Å². The summed E-state index contributed by atoms with van der Waals surface area (Å²) in [6.07, 6.45) is 8.71. The van der Waals surface area contributed by atoms with Crippen LogP contribution in [0.4, 0.5) is 0 Å². The number of allylic oxidation sites excluding steroid dienone is 1. The van der Waals surface area contributed by atoms with Crippen LogP contribution in [-0.2, 0) is 10.8 Å². The van der Waals surface area contributed by atoms with Crippen LogP contribution in [0.15, 0.2) is 131 Å². The van der Waals surface area contributed by atoms with Crippen LogP contribution < -0.4 is 15.6 Å².